The molecule has 5 atom stereocenters. The Balaban J connectivity index is 1.36. The van der Waals surface area contributed by atoms with Gasteiger partial charge in [0.25, 0.3) is 0 Å². The maximum absolute atomic E-state index is 15.4. The first-order valence-electron chi connectivity index (χ1n) is 12.9. The van der Waals surface area contributed by atoms with Crippen LogP contribution in [-0.2, 0) is 14.0 Å². The Hall–Kier alpha value is -2.96. The van der Waals surface area contributed by atoms with Gasteiger partial charge in [0, 0.05) is 25.8 Å². The van der Waals surface area contributed by atoms with E-state index < -0.39 is 37.1 Å². The molecule has 2 aromatic rings. The summed E-state index contributed by atoms with van der Waals surface area (Å²) in [6.45, 7) is 6.02. The van der Waals surface area contributed by atoms with Crippen LogP contribution in [0.5, 0.6) is 5.75 Å². The molecule has 3 saturated heterocycles. The van der Waals surface area contributed by atoms with Gasteiger partial charge in [-0.3, -0.25) is 9.88 Å². The fourth-order valence-electron chi connectivity index (χ4n) is 5.64. The first-order chi connectivity index (χ1) is 18.1. The predicted molar refractivity (Wildman–Crippen MR) is 139 cm³/mol. The van der Waals surface area contributed by atoms with Crippen LogP contribution in [0.25, 0.3) is 11.3 Å². The Kier molecular flexibility index (Phi) is 7.23. The van der Waals surface area contributed by atoms with Gasteiger partial charge >= 0.3 is 13.2 Å². The second-order valence-corrected chi connectivity index (χ2v) is 10.7. The molecule has 3 aliphatic heterocycles. The molecule has 0 aliphatic carbocycles. The van der Waals surface area contributed by atoms with Crippen LogP contribution in [0.4, 0.5) is 15.0 Å². The van der Waals surface area contributed by atoms with Gasteiger partial charge in [0.15, 0.2) is 6.79 Å². The minimum absolute atomic E-state index is 0.0498. The van der Waals surface area contributed by atoms with E-state index >= 15 is 4.39 Å². The van der Waals surface area contributed by atoms with E-state index in [1.807, 2.05) is 39.0 Å². The molecule has 1 unspecified atom stereocenters. The average Bonchev–Trinajstić information content (AvgIpc) is 3.39. The molecule has 1 aromatic heterocycles. The number of aromatic nitrogens is 2. The fourth-order valence-corrected chi connectivity index (χ4v) is 5.64. The summed E-state index contributed by atoms with van der Waals surface area (Å²) in [6.07, 6.45) is 2.46. The van der Waals surface area contributed by atoms with Crippen LogP contribution >= 0.6 is 0 Å². The van der Waals surface area contributed by atoms with Gasteiger partial charge in [-0.2, -0.15) is 0 Å². The van der Waals surface area contributed by atoms with Crippen molar-refractivity contribution in [2.75, 3.05) is 25.9 Å². The Morgan fingerprint density at radius 1 is 1.32 bits per heavy atom. The van der Waals surface area contributed by atoms with E-state index in [4.69, 9.17) is 18.8 Å². The molecule has 12 heteroatoms. The number of benzene rings is 1. The Bertz CT molecular complexity index is 1170. The van der Waals surface area contributed by atoms with Gasteiger partial charge in [-0.25, -0.2) is 14.2 Å². The van der Waals surface area contributed by atoms with E-state index in [0.717, 1.165) is 5.46 Å². The van der Waals surface area contributed by atoms with E-state index in [0.29, 0.717) is 42.1 Å². The highest BCUT2D eigenvalue weighted by atomic mass is 19.1. The lowest BCUT2D eigenvalue weighted by atomic mass is 9.78. The third-order valence-electron chi connectivity index (χ3n) is 8.12. The number of hydrogen-bond donors (Lipinski definition) is 1. The van der Waals surface area contributed by atoms with Crippen molar-refractivity contribution in [1.82, 2.24) is 14.9 Å². The topological polar surface area (TPSA) is 106 Å². The van der Waals surface area contributed by atoms with Crippen LogP contribution in [0.15, 0.2) is 30.6 Å². The molecule has 0 radical (unpaired) electrons. The van der Waals surface area contributed by atoms with Crippen molar-refractivity contribution in [3.05, 3.63) is 30.6 Å². The maximum Gasteiger partial charge on any atom is 0.494 e. The average molecular weight is 528 g/mol. The second-order valence-electron chi connectivity index (χ2n) is 10.7. The zero-order valence-corrected chi connectivity index (χ0v) is 22.3. The summed E-state index contributed by atoms with van der Waals surface area (Å²) < 4.78 is 38.5. The van der Waals surface area contributed by atoms with Crippen LogP contribution in [-0.4, -0.2) is 90.1 Å². The number of alkyl halides is 1. The normalized spacial score (nSPS) is 28.0. The number of piperidine rings is 1. The molecule has 204 valence electrons. The molecule has 0 spiro atoms. The van der Waals surface area contributed by atoms with E-state index in [2.05, 4.69) is 9.97 Å². The minimum Gasteiger partial charge on any atom is -0.467 e. The molecule has 38 heavy (non-hydrogen) atoms. The van der Waals surface area contributed by atoms with Gasteiger partial charge < -0.3 is 28.8 Å². The summed E-state index contributed by atoms with van der Waals surface area (Å²) in [5.74, 6) is 1.07. The van der Waals surface area contributed by atoms with Crippen LogP contribution in [0.2, 0.25) is 0 Å². The summed E-state index contributed by atoms with van der Waals surface area (Å²) >= 11 is 0. The zero-order valence-electron chi connectivity index (χ0n) is 22.3. The highest BCUT2D eigenvalue weighted by molar-refractivity contribution is 6.62. The van der Waals surface area contributed by atoms with E-state index in [9.17, 15) is 9.90 Å². The van der Waals surface area contributed by atoms with Crippen molar-refractivity contribution < 1.29 is 33.1 Å². The smallest absolute Gasteiger partial charge is 0.467 e. The quantitative estimate of drug-likeness (QED) is 0.429. The molecular weight excluding hydrogens is 494 g/mol. The van der Waals surface area contributed by atoms with Crippen LogP contribution < -0.4 is 15.1 Å². The van der Waals surface area contributed by atoms with Crippen LogP contribution in [0.3, 0.4) is 0 Å². The number of hydrogen-bond acceptors (Lipinski definition) is 8. The number of halogens is 1. The molecule has 5 rings (SSSR count). The lowest BCUT2D eigenvalue weighted by Gasteiger charge is -2.43. The number of fused-ring (bicyclic) bond motifs is 2. The molecule has 0 saturated carbocycles. The molecule has 4 heterocycles. The standard InChI is InChI=1S/C26H34BFN4O6/c1-15-26(2,3)38-27(37-15)16-6-8-18(22(10-16)36-14-35-5)19-12-30-23(13-29-19)31(4)21-11-17-7-9-20(24(21)28)32(17)25(33)34/h6,8,10,12-13,15,17,20-21,24H,7,9,11,14H2,1-5H3,(H,33,34)/t15?,17-,20+,21-,24+/m0/s1. The molecule has 3 aliphatic rings. The number of nitrogens with zero attached hydrogens (tertiary/aromatic N) is 4. The van der Waals surface area contributed by atoms with Crippen molar-refractivity contribution >= 4 is 24.5 Å². The first kappa shape index (κ1) is 26.6. The van der Waals surface area contributed by atoms with Crippen molar-refractivity contribution in [1.29, 1.82) is 0 Å². The van der Waals surface area contributed by atoms with Gasteiger partial charge in [-0.15, -0.1) is 0 Å². The SMILES string of the molecule is COCOc1cc(B2OC(C)C(C)(C)O2)ccc1-c1cnc(N(C)[C@H]2C[C@@H]3CC[C@H]([C@H]2F)N3C(=O)O)cn1. The molecule has 1 amide bonds. The number of anilines is 1. The highest BCUT2D eigenvalue weighted by Gasteiger charge is 2.51. The summed E-state index contributed by atoms with van der Waals surface area (Å²) in [5.41, 5.74) is 1.71. The lowest BCUT2D eigenvalue weighted by molar-refractivity contribution is 0.0489. The summed E-state index contributed by atoms with van der Waals surface area (Å²) in [4.78, 5) is 23.8. The third kappa shape index (κ3) is 4.80. The lowest BCUT2D eigenvalue weighted by Crippen LogP contribution is -2.58. The highest BCUT2D eigenvalue weighted by Crippen LogP contribution is 2.40. The summed E-state index contributed by atoms with van der Waals surface area (Å²) in [7, 11) is 2.81. The number of amides is 1. The van der Waals surface area contributed by atoms with E-state index in [1.54, 1.807) is 31.5 Å². The van der Waals surface area contributed by atoms with Crippen LogP contribution in [0.1, 0.15) is 40.0 Å². The van der Waals surface area contributed by atoms with E-state index in [-0.39, 0.29) is 18.9 Å². The second kappa shape index (κ2) is 10.3. The van der Waals surface area contributed by atoms with Gasteiger partial charge in [-0.05, 0) is 57.6 Å². The number of carboxylic acid groups (broad SMARTS) is 1. The monoisotopic (exact) mass is 528 g/mol. The number of methoxy groups -OCH3 is 1. The zero-order chi connectivity index (χ0) is 27.2. The van der Waals surface area contributed by atoms with Crippen molar-refractivity contribution in [3.8, 4) is 17.0 Å². The van der Waals surface area contributed by atoms with Crippen molar-refractivity contribution in [2.24, 2.45) is 0 Å². The Morgan fingerprint density at radius 2 is 2.11 bits per heavy atom. The predicted octanol–water partition coefficient (Wildman–Crippen LogP) is 3.09. The molecule has 1 N–H and O–H groups in total. The number of rotatable bonds is 7. The van der Waals surface area contributed by atoms with Crippen molar-refractivity contribution in [3.63, 3.8) is 0 Å². The minimum atomic E-state index is -1.30. The fraction of sp³-hybridized carbons (Fsp3) is 0.577. The number of ether oxygens (including phenoxy) is 2. The van der Waals surface area contributed by atoms with Crippen molar-refractivity contribution in [2.45, 2.75) is 76.0 Å². The Morgan fingerprint density at radius 3 is 2.74 bits per heavy atom. The molecule has 10 nitrogen and oxygen atoms in total. The largest absolute Gasteiger partial charge is 0.494 e. The molecule has 3 fully saturated rings. The maximum atomic E-state index is 15.4. The first-order valence-corrected chi connectivity index (χ1v) is 12.9. The molecule has 2 bridgehead atoms. The van der Waals surface area contributed by atoms with Crippen LogP contribution in [0, 0.1) is 0 Å². The molecule has 1 aromatic carbocycles. The summed E-state index contributed by atoms with van der Waals surface area (Å²) in [6, 6.07) is 4.38. The van der Waals surface area contributed by atoms with Gasteiger partial charge in [0.05, 0.1) is 41.9 Å². The van der Waals surface area contributed by atoms with Gasteiger partial charge in [0.1, 0.15) is 17.7 Å². The van der Waals surface area contributed by atoms with E-state index in [1.165, 1.54) is 4.90 Å². The Labute approximate surface area is 222 Å². The summed E-state index contributed by atoms with van der Waals surface area (Å²) in [5, 5.41) is 9.50. The third-order valence-corrected chi connectivity index (χ3v) is 8.12. The molecular formula is C26H34BFN4O6. The van der Waals surface area contributed by atoms with Gasteiger partial charge in [-0.1, -0.05) is 6.07 Å². The number of carbonyl (C=O) groups is 1. The van der Waals surface area contributed by atoms with Gasteiger partial charge in [0.2, 0.25) is 0 Å².